The summed E-state index contributed by atoms with van der Waals surface area (Å²) < 4.78 is 5.55. The third-order valence-corrected chi connectivity index (χ3v) is 4.87. The van der Waals surface area contributed by atoms with Crippen LogP contribution in [0.3, 0.4) is 0 Å². The smallest absolute Gasteiger partial charge is 0.295 e. The van der Waals surface area contributed by atoms with Crippen LogP contribution in [0.15, 0.2) is 54.1 Å². The Labute approximate surface area is 174 Å². The zero-order chi connectivity index (χ0) is 21.1. The normalized spacial score (nSPS) is 18.6. The second-order valence-corrected chi connectivity index (χ2v) is 7.45. The molecule has 0 aromatic heterocycles. The van der Waals surface area contributed by atoms with E-state index < -0.39 is 17.7 Å². The summed E-state index contributed by atoms with van der Waals surface area (Å²) in [6.45, 7) is 4.19. The van der Waals surface area contributed by atoms with E-state index in [0.717, 1.165) is 0 Å². The highest BCUT2D eigenvalue weighted by Gasteiger charge is 2.45. The monoisotopic (exact) mass is 415 g/mol. The van der Waals surface area contributed by atoms with Gasteiger partial charge in [0.25, 0.3) is 11.7 Å². The van der Waals surface area contributed by atoms with E-state index in [0.29, 0.717) is 16.1 Å². The van der Waals surface area contributed by atoms with E-state index >= 15 is 0 Å². The Kier molecular flexibility index (Phi) is 6.25. The molecule has 3 rings (SSSR count). The first-order chi connectivity index (χ1) is 13.8. The van der Waals surface area contributed by atoms with Gasteiger partial charge in [-0.15, -0.1) is 0 Å². The molecule has 1 aliphatic rings. The molecule has 1 atom stereocenters. The van der Waals surface area contributed by atoms with Crippen LogP contribution in [0.4, 0.5) is 0 Å². The third-order valence-electron chi connectivity index (χ3n) is 4.63. The molecule has 2 N–H and O–H groups in total. The maximum atomic E-state index is 12.8. The van der Waals surface area contributed by atoms with E-state index in [2.05, 4.69) is 0 Å². The number of benzene rings is 2. The van der Waals surface area contributed by atoms with Gasteiger partial charge in [-0.3, -0.25) is 9.59 Å². The fraction of sp³-hybridized carbons (Fsp3) is 0.273. The highest BCUT2D eigenvalue weighted by Crippen LogP contribution is 2.39. The average Bonchev–Trinajstić information content (AvgIpc) is 2.93. The number of hydrogen-bond acceptors (Lipinski definition) is 5. The molecular weight excluding hydrogens is 394 g/mol. The summed E-state index contributed by atoms with van der Waals surface area (Å²) in [5.74, 6) is -1.72. The summed E-state index contributed by atoms with van der Waals surface area (Å²) in [6, 6.07) is 11.8. The van der Waals surface area contributed by atoms with Gasteiger partial charge in [-0.2, -0.15) is 0 Å². The van der Waals surface area contributed by atoms with Gasteiger partial charge in [-0.1, -0.05) is 35.9 Å². The number of halogens is 1. The molecule has 0 aliphatic carbocycles. The number of aliphatic hydroxyl groups is 1. The van der Waals surface area contributed by atoms with Crippen LogP contribution in [0.5, 0.6) is 5.75 Å². The Morgan fingerprint density at radius 2 is 1.86 bits per heavy atom. The molecule has 1 fully saturated rings. The van der Waals surface area contributed by atoms with Gasteiger partial charge in [-0.25, -0.2) is 0 Å². The maximum Gasteiger partial charge on any atom is 0.295 e. The second kappa shape index (κ2) is 8.68. The average molecular weight is 416 g/mol. The minimum absolute atomic E-state index is 0.0208. The summed E-state index contributed by atoms with van der Waals surface area (Å²) in [4.78, 5) is 27.0. The molecule has 1 unspecified atom stereocenters. The number of aliphatic hydroxyl groups excluding tert-OH is 1. The lowest BCUT2D eigenvalue weighted by Gasteiger charge is -2.25. The molecule has 0 bridgehead atoms. The van der Waals surface area contributed by atoms with Gasteiger partial charge in [0.2, 0.25) is 0 Å². The van der Waals surface area contributed by atoms with E-state index in [9.17, 15) is 19.8 Å². The number of Topliss-reactive ketones (excluding diaryl/α,β-unsaturated/α-hetero) is 1. The lowest BCUT2D eigenvalue weighted by Crippen LogP contribution is -2.33. The van der Waals surface area contributed by atoms with Crippen molar-refractivity contribution in [2.45, 2.75) is 26.0 Å². The maximum absolute atomic E-state index is 12.8. The first-order valence-electron chi connectivity index (χ1n) is 9.24. The quantitative estimate of drug-likeness (QED) is 0.424. The number of likely N-dealkylation sites (tertiary alicyclic amines) is 1. The first-order valence-corrected chi connectivity index (χ1v) is 9.62. The highest BCUT2D eigenvalue weighted by molar-refractivity contribution is 6.46. The lowest BCUT2D eigenvalue weighted by atomic mass is 9.95. The molecule has 6 nitrogen and oxygen atoms in total. The molecule has 1 saturated heterocycles. The zero-order valence-corrected chi connectivity index (χ0v) is 16.9. The number of nitrogens with zero attached hydrogens (tertiary/aromatic N) is 1. The molecule has 29 heavy (non-hydrogen) atoms. The van der Waals surface area contributed by atoms with Crippen molar-refractivity contribution in [1.29, 1.82) is 0 Å². The lowest BCUT2D eigenvalue weighted by molar-refractivity contribution is -0.140. The number of rotatable bonds is 6. The first kappa shape index (κ1) is 20.9. The Morgan fingerprint density at radius 1 is 1.17 bits per heavy atom. The Balaban J connectivity index is 2.09. The van der Waals surface area contributed by atoms with Gasteiger partial charge in [0.15, 0.2) is 0 Å². The van der Waals surface area contributed by atoms with Crippen LogP contribution in [-0.2, 0) is 14.3 Å². The van der Waals surface area contributed by atoms with Crippen LogP contribution in [0.1, 0.15) is 31.0 Å². The number of ketones is 1. The molecule has 2 aromatic rings. The topological polar surface area (TPSA) is 87.1 Å². The molecule has 2 aromatic carbocycles. The molecule has 1 amide bonds. The van der Waals surface area contributed by atoms with E-state index in [1.165, 1.54) is 23.1 Å². The van der Waals surface area contributed by atoms with E-state index in [1.807, 2.05) is 13.8 Å². The number of amides is 1. The minimum Gasteiger partial charge on any atom is -0.508 e. The molecule has 0 saturated carbocycles. The van der Waals surface area contributed by atoms with Crippen molar-refractivity contribution in [3.63, 3.8) is 0 Å². The van der Waals surface area contributed by atoms with E-state index in [4.69, 9.17) is 16.3 Å². The van der Waals surface area contributed by atoms with Crippen LogP contribution < -0.4 is 0 Å². The second-order valence-electron chi connectivity index (χ2n) is 7.01. The Bertz CT molecular complexity index is 952. The summed E-state index contributed by atoms with van der Waals surface area (Å²) in [7, 11) is 0. The van der Waals surface area contributed by atoms with Crippen molar-refractivity contribution in [2.75, 3.05) is 13.2 Å². The fourth-order valence-electron chi connectivity index (χ4n) is 3.29. The van der Waals surface area contributed by atoms with Crippen molar-refractivity contribution in [3.05, 3.63) is 70.3 Å². The number of carbonyl (C=O) groups excluding carboxylic acids is 2. The summed E-state index contributed by atoms with van der Waals surface area (Å²) in [6.07, 6.45) is -0.0228. The van der Waals surface area contributed by atoms with Gasteiger partial charge in [-0.05, 0) is 43.7 Å². The van der Waals surface area contributed by atoms with E-state index in [-0.39, 0.29) is 36.3 Å². The molecule has 0 spiro atoms. The molecular formula is C22H22ClNO5. The number of phenolic OH excluding ortho intramolecular Hbond substituents is 1. The van der Waals surface area contributed by atoms with Crippen molar-refractivity contribution < 1.29 is 24.5 Å². The van der Waals surface area contributed by atoms with Crippen LogP contribution >= 0.6 is 11.6 Å². The fourth-order valence-corrected chi connectivity index (χ4v) is 3.48. The van der Waals surface area contributed by atoms with Gasteiger partial charge < -0.3 is 19.8 Å². The van der Waals surface area contributed by atoms with Crippen LogP contribution in [0.2, 0.25) is 5.02 Å². The van der Waals surface area contributed by atoms with Gasteiger partial charge in [0.05, 0.1) is 24.3 Å². The number of hydrogen-bond donors (Lipinski definition) is 2. The number of phenols is 1. The summed E-state index contributed by atoms with van der Waals surface area (Å²) in [5, 5.41) is 20.9. The SMILES string of the molecule is CC(C)OCCN1C(=O)C(=O)/C(=C(\O)c2cccc(Cl)c2)C1c1ccc(O)cc1. The van der Waals surface area contributed by atoms with Crippen molar-refractivity contribution in [2.24, 2.45) is 0 Å². The standard InChI is InChI=1S/C22H22ClNO5/c1-13(2)29-11-10-24-19(14-6-8-17(25)9-7-14)18(21(27)22(24)28)20(26)15-4-3-5-16(23)12-15/h3-9,12-13,19,25-26H,10-11H2,1-2H3/b20-18-. The molecule has 0 radical (unpaired) electrons. The van der Waals surface area contributed by atoms with Gasteiger partial charge in [0, 0.05) is 17.1 Å². The Morgan fingerprint density at radius 3 is 2.48 bits per heavy atom. The van der Waals surface area contributed by atoms with Gasteiger partial charge >= 0.3 is 0 Å². The summed E-state index contributed by atoms with van der Waals surface area (Å²) in [5.41, 5.74) is 0.917. The largest absolute Gasteiger partial charge is 0.508 e. The van der Waals surface area contributed by atoms with Crippen molar-refractivity contribution >= 4 is 29.1 Å². The molecule has 152 valence electrons. The Hall–Kier alpha value is -2.83. The van der Waals surface area contributed by atoms with E-state index in [1.54, 1.807) is 30.3 Å². The van der Waals surface area contributed by atoms with Crippen LogP contribution in [-0.4, -0.2) is 46.1 Å². The minimum atomic E-state index is -0.801. The molecule has 1 aliphatic heterocycles. The van der Waals surface area contributed by atoms with Crippen molar-refractivity contribution in [3.8, 4) is 5.75 Å². The van der Waals surface area contributed by atoms with Gasteiger partial charge in [0.1, 0.15) is 11.5 Å². The molecule has 7 heteroatoms. The third kappa shape index (κ3) is 4.44. The summed E-state index contributed by atoms with van der Waals surface area (Å²) >= 11 is 6.02. The number of aromatic hydroxyl groups is 1. The predicted octanol–water partition coefficient (Wildman–Crippen LogP) is 3.89. The molecule has 1 heterocycles. The number of ether oxygens (including phenoxy) is 1. The number of carbonyl (C=O) groups is 2. The van der Waals surface area contributed by atoms with Crippen molar-refractivity contribution in [1.82, 2.24) is 4.90 Å². The van der Waals surface area contributed by atoms with Crippen LogP contribution in [0.25, 0.3) is 5.76 Å². The highest BCUT2D eigenvalue weighted by atomic mass is 35.5. The van der Waals surface area contributed by atoms with Crippen LogP contribution in [0, 0.1) is 0 Å². The zero-order valence-electron chi connectivity index (χ0n) is 16.1. The predicted molar refractivity (Wildman–Crippen MR) is 110 cm³/mol.